The van der Waals surface area contributed by atoms with Gasteiger partial charge in [-0.15, -0.1) is 0 Å². The summed E-state index contributed by atoms with van der Waals surface area (Å²) >= 11 is 0. The monoisotopic (exact) mass is 418 g/mol. The van der Waals surface area contributed by atoms with Crippen molar-refractivity contribution in [2.24, 2.45) is 0 Å². The second kappa shape index (κ2) is 11.0. The second-order valence-electron chi connectivity index (χ2n) is 8.83. The summed E-state index contributed by atoms with van der Waals surface area (Å²) in [5.74, 6) is 1.16. The first-order valence-corrected chi connectivity index (χ1v) is 12.0. The SMILES string of the molecule is CCC(Cc1ccc(-c2ccc(CC(CC)c3ccccc3)cc2)cc1)c1ccccc1. The molecule has 0 aromatic heterocycles. The van der Waals surface area contributed by atoms with Crippen molar-refractivity contribution in [3.05, 3.63) is 131 Å². The first-order chi connectivity index (χ1) is 15.8. The predicted molar refractivity (Wildman–Crippen MR) is 138 cm³/mol. The zero-order valence-corrected chi connectivity index (χ0v) is 19.4. The Labute approximate surface area is 194 Å². The molecule has 0 amide bonds. The third-order valence-electron chi connectivity index (χ3n) is 6.73. The zero-order valence-electron chi connectivity index (χ0n) is 19.4. The summed E-state index contributed by atoms with van der Waals surface area (Å²) in [6.07, 6.45) is 4.51. The molecule has 32 heavy (non-hydrogen) atoms. The molecule has 0 aliphatic rings. The fourth-order valence-corrected chi connectivity index (χ4v) is 4.68. The summed E-state index contributed by atoms with van der Waals surface area (Å²) in [6.45, 7) is 4.57. The first kappa shape index (κ1) is 22.1. The maximum absolute atomic E-state index is 2.30. The number of benzene rings is 4. The van der Waals surface area contributed by atoms with Crippen molar-refractivity contribution in [1.29, 1.82) is 0 Å². The van der Waals surface area contributed by atoms with Crippen molar-refractivity contribution in [3.63, 3.8) is 0 Å². The highest BCUT2D eigenvalue weighted by molar-refractivity contribution is 5.64. The Balaban J connectivity index is 1.42. The third kappa shape index (κ3) is 5.56. The molecule has 4 aromatic rings. The molecule has 0 radical (unpaired) electrons. The molecule has 0 bridgehead atoms. The van der Waals surface area contributed by atoms with Gasteiger partial charge in [0.05, 0.1) is 0 Å². The van der Waals surface area contributed by atoms with Crippen LogP contribution in [0.25, 0.3) is 11.1 Å². The topological polar surface area (TPSA) is 0 Å². The highest BCUT2D eigenvalue weighted by atomic mass is 14.2. The molecule has 4 aromatic carbocycles. The third-order valence-corrected chi connectivity index (χ3v) is 6.73. The molecule has 0 nitrogen and oxygen atoms in total. The van der Waals surface area contributed by atoms with Gasteiger partial charge in [-0.1, -0.05) is 123 Å². The first-order valence-electron chi connectivity index (χ1n) is 12.0. The summed E-state index contributed by atoms with van der Waals surface area (Å²) in [6, 6.07) is 40.1. The zero-order chi connectivity index (χ0) is 22.2. The van der Waals surface area contributed by atoms with Gasteiger partial charge in [0.15, 0.2) is 0 Å². The molecule has 0 heteroatoms. The molecule has 2 atom stereocenters. The molecular weight excluding hydrogens is 384 g/mol. The van der Waals surface area contributed by atoms with E-state index in [4.69, 9.17) is 0 Å². The van der Waals surface area contributed by atoms with E-state index in [-0.39, 0.29) is 0 Å². The van der Waals surface area contributed by atoms with Crippen molar-refractivity contribution < 1.29 is 0 Å². The molecule has 0 saturated carbocycles. The lowest BCUT2D eigenvalue weighted by Gasteiger charge is -2.16. The quantitative estimate of drug-likeness (QED) is 0.255. The highest BCUT2D eigenvalue weighted by Crippen LogP contribution is 2.28. The summed E-state index contributed by atoms with van der Waals surface area (Å²) in [4.78, 5) is 0. The van der Waals surface area contributed by atoms with Gasteiger partial charge in [-0.3, -0.25) is 0 Å². The van der Waals surface area contributed by atoms with Crippen LogP contribution in [0.3, 0.4) is 0 Å². The Morgan fingerprint density at radius 1 is 0.438 bits per heavy atom. The number of hydrogen-bond donors (Lipinski definition) is 0. The van der Waals surface area contributed by atoms with Crippen LogP contribution in [0.1, 0.15) is 60.8 Å². The molecule has 162 valence electrons. The minimum absolute atomic E-state index is 0.581. The molecular formula is C32H34. The van der Waals surface area contributed by atoms with E-state index >= 15 is 0 Å². The maximum Gasteiger partial charge on any atom is -0.0124 e. The molecule has 0 fully saturated rings. The fourth-order valence-electron chi connectivity index (χ4n) is 4.68. The minimum Gasteiger partial charge on any atom is -0.0648 e. The molecule has 0 aliphatic carbocycles. The van der Waals surface area contributed by atoms with Crippen molar-refractivity contribution in [2.45, 2.75) is 51.4 Å². The Morgan fingerprint density at radius 3 is 1.09 bits per heavy atom. The van der Waals surface area contributed by atoms with E-state index in [0.29, 0.717) is 11.8 Å². The molecule has 0 N–H and O–H groups in total. The van der Waals surface area contributed by atoms with Crippen LogP contribution < -0.4 is 0 Å². The van der Waals surface area contributed by atoms with Crippen molar-refractivity contribution in [1.82, 2.24) is 0 Å². The van der Waals surface area contributed by atoms with Crippen LogP contribution in [-0.2, 0) is 12.8 Å². The molecule has 4 rings (SSSR count). The Hall–Kier alpha value is -3.12. The smallest absolute Gasteiger partial charge is 0.0124 e. The van der Waals surface area contributed by atoms with Crippen molar-refractivity contribution in [2.75, 3.05) is 0 Å². The normalized spacial score (nSPS) is 12.9. The van der Waals surface area contributed by atoms with Crippen LogP contribution in [0, 0.1) is 0 Å². The summed E-state index contributed by atoms with van der Waals surface area (Å²) in [5.41, 5.74) is 8.29. The van der Waals surface area contributed by atoms with Gasteiger partial charge in [-0.2, -0.15) is 0 Å². The van der Waals surface area contributed by atoms with Crippen LogP contribution >= 0.6 is 0 Å². The van der Waals surface area contributed by atoms with Crippen LogP contribution in [0.4, 0.5) is 0 Å². The molecule has 0 aliphatic heterocycles. The summed E-state index contributed by atoms with van der Waals surface area (Å²) < 4.78 is 0. The van der Waals surface area contributed by atoms with Gasteiger partial charge in [-0.05, 0) is 70.9 Å². The van der Waals surface area contributed by atoms with E-state index in [1.165, 1.54) is 33.4 Å². The molecule has 0 heterocycles. The second-order valence-corrected chi connectivity index (χ2v) is 8.83. The van der Waals surface area contributed by atoms with Crippen molar-refractivity contribution >= 4 is 0 Å². The highest BCUT2D eigenvalue weighted by Gasteiger charge is 2.11. The average Bonchev–Trinajstić information content (AvgIpc) is 2.87. The van der Waals surface area contributed by atoms with Gasteiger partial charge in [0.25, 0.3) is 0 Å². The van der Waals surface area contributed by atoms with E-state index in [9.17, 15) is 0 Å². The summed E-state index contributed by atoms with van der Waals surface area (Å²) in [7, 11) is 0. The summed E-state index contributed by atoms with van der Waals surface area (Å²) in [5, 5.41) is 0. The lowest BCUT2D eigenvalue weighted by Crippen LogP contribution is -2.02. The van der Waals surface area contributed by atoms with Crippen LogP contribution in [0.2, 0.25) is 0 Å². The van der Waals surface area contributed by atoms with E-state index in [1.54, 1.807) is 0 Å². The van der Waals surface area contributed by atoms with Gasteiger partial charge in [0.1, 0.15) is 0 Å². The van der Waals surface area contributed by atoms with Gasteiger partial charge < -0.3 is 0 Å². The lowest BCUT2D eigenvalue weighted by atomic mass is 9.88. The number of rotatable bonds is 9. The standard InChI is InChI=1S/C32H34/c1-3-27(29-11-7-5-8-12-29)23-25-15-19-31(20-16-25)32-21-17-26(18-22-32)24-28(4-2)30-13-9-6-10-14-30/h5-22,27-28H,3-4,23-24H2,1-2H3. The molecule has 0 saturated heterocycles. The Kier molecular flexibility index (Phi) is 7.56. The van der Waals surface area contributed by atoms with E-state index in [0.717, 1.165) is 25.7 Å². The lowest BCUT2D eigenvalue weighted by molar-refractivity contribution is 0.660. The Morgan fingerprint density at radius 2 is 0.781 bits per heavy atom. The largest absolute Gasteiger partial charge is 0.0648 e. The van der Waals surface area contributed by atoms with Gasteiger partial charge in [0.2, 0.25) is 0 Å². The van der Waals surface area contributed by atoms with E-state index in [1.807, 2.05) is 0 Å². The molecule has 0 spiro atoms. The van der Waals surface area contributed by atoms with Crippen LogP contribution in [-0.4, -0.2) is 0 Å². The van der Waals surface area contributed by atoms with Gasteiger partial charge in [0, 0.05) is 0 Å². The minimum atomic E-state index is 0.581. The van der Waals surface area contributed by atoms with Crippen LogP contribution in [0.5, 0.6) is 0 Å². The average molecular weight is 419 g/mol. The van der Waals surface area contributed by atoms with E-state index < -0.39 is 0 Å². The predicted octanol–water partition coefficient (Wildman–Crippen LogP) is 8.83. The number of hydrogen-bond acceptors (Lipinski definition) is 0. The maximum atomic E-state index is 2.30. The fraction of sp³-hybridized carbons (Fsp3) is 0.250. The van der Waals surface area contributed by atoms with E-state index in [2.05, 4.69) is 123 Å². The van der Waals surface area contributed by atoms with Gasteiger partial charge in [-0.25, -0.2) is 0 Å². The van der Waals surface area contributed by atoms with Gasteiger partial charge >= 0.3 is 0 Å². The van der Waals surface area contributed by atoms with Crippen molar-refractivity contribution in [3.8, 4) is 11.1 Å². The van der Waals surface area contributed by atoms with Crippen LogP contribution in [0.15, 0.2) is 109 Å². The molecule has 2 unspecified atom stereocenters. The Bertz CT molecular complexity index is 969.